The van der Waals surface area contributed by atoms with Gasteiger partial charge in [0.15, 0.2) is 0 Å². The molecular formula is C18H21ClN2O3S2. The maximum Gasteiger partial charge on any atom is 0.233 e. The van der Waals surface area contributed by atoms with Gasteiger partial charge in [0.25, 0.3) is 0 Å². The first kappa shape index (κ1) is 19.5. The van der Waals surface area contributed by atoms with Gasteiger partial charge in [0.05, 0.1) is 19.3 Å². The summed E-state index contributed by atoms with van der Waals surface area (Å²) in [6.07, 6.45) is 1.56. The molecule has 1 atom stereocenters. The third-order valence-corrected chi connectivity index (χ3v) is 6.43. The second kappa shape index (κ2) is 9.12. The van der Waals surface area contributed by atoms with E-state index in [2.05, 4.69) is 9.62 Å². The first-order chi connectivity index (χ1) is 12.5. The smallest absolute Gasteiger partial charge is 0.233 e. The molecule has 8 heteroatoms. The van der Waals surface area contributed by atoms with Crippen molar-refractivity contribution in [2.75, 3.05) is 32.8 Å². The molecule has 1 aromatic carbocycles. The maximum absolute atomic E-state index is 12.4. The minimum Gasteiger partial charge on any atom is -0.379 e. The van der Waals surface area contributed by atoms with Crippen molar-refractivity contribution in [3.8, 4) is 0 Å². The number of benzene rings is 1. The Morgan fingerprint density at radius 2 is 1.96 bits per heavy atom. The molecule has 5 nitrogen and oxygen atoms in total. The Kier molecular flexibility index (Phi) is 6.86. The van der Waals surface area contributed by atoms with E-state index in [9.17, 15) is 8.42 Å². The zero-order chi connectivity index (χ0) is 18.4. The number of thiophene rings is 1. The molecule has 1 N–H and O–H groups in total. The summed E-state index contributed by atoms with van der Waals surface area (Å²) < 4.78 is 32.8. The first-order valence-electron chi connectivity index (χ1n) is 8.32. The van der Waals surface area contributed by atoms with E-state index in [-0.39, 0.29) is 6.04 Å². The fourth-order valence-corrected chi connectivity index (χ4v) is 4.57. The van der Waals surface area contributed by atoms with Gasteiger partial charge in [-0.15, -0.1) is 11.3 Å². The highest BCUT2D eigenvalue weighted by atomic mass is 35.5. The molecule has 0 radical (unpaired) electrons. The predicted octanol–water partition coefficient (Wildman–Crippen LogP) is 3.37. The van der Waals surface area contributed by atoms with E-state index in [4.69, 9.17) is 16.3 Å². The number of halogens is 1. The predicted molar refractivity (Wildman–Crippen MR) is 107 cm³/mol. The van der Waals surface area contributed by atoms with Gasteiger partial charge in [-0.25, -0.2) is 13.1 Å². The van der Waals surface area contributed by atoms with Crippen molar-refractivity contribution in [1.82, 2.24) is 9.62 Å². The summed E-state index contributed by atoms with van der Waals surface area (Å²) in [7, 11) is -3.53. The van der Waals surface area contributed by atoms with Crippen molar-refractivity contribution in [2.24, 2.45) is 0 Å². The van der Waals surface area contributed by atoms with Gasteiger partial charge in [-0.1, -0.05) is 29.8 Å². The molecule has 1 fully saturated rings. The Labute approximate surface area is 163 Å². The number of hydrogen-bond donors (Lipinski definition) is 1. The Morgan fingerprint density at radius 1 is 1.23 bits per heavy atom. The molecule has 0 spiro atoms. The molecule has 2 aromatic rings. The van der Waals surface area contributed by atoms with E-state index in [1.807, 2.05) is 17.5 Å². The Bertz CT molecular complexity index is 815. The zero-order valence-corrected chi connectivity index (χ0v) is 16.6. The Morgan fingerprint density at radius 3 is 2.62 bits per heavy atom. The van der Waals surface area contributed by atoms with E-state index in [0.29, 0.717) is 24.8 Å². The second-order valence-corrected chi connectivity index (χ2v) is 8.99. The molecule has 0 saturated carbocycles. The van der Waals surface area contributed by atoms with Crippen LogP contribution < -0.4 is 4.72 Å². The van der Waals surface area contributed by atoms with Crippen LogP contribution in [0.15, 0.2) is 47.2 Å². The Hall–Kier alpha value is -1.22. The molecule has 3 rings (SSSR count). The Balaban J connectivity index is 1.66. The summed E-state index contributed by atoms with van der Waals surface area (Å²) in [5.74, 6) is 0. The van der Waals surface area contributed by atoms with Crippen LogP contribution in [0.3, 0.4) is 0 Å². The maximum atomic E-state index is 12.4. The fourth-order valence-electron chi connectivity index (χ4n) is 2.76. The number of sulfonamides is 1. The van der Waals surface area contributed by atoms with Gasteiger partial charge >= 0.3 is 0 Å². The van der Waals surface area contributed by atoms with Crippen molar-refractivity contribution < 1.29 is 13.2 Å². The summed E-state index contributed by atoms with van der Waals surface area (Å²) in [6.45, 7) is 3.26. The number of morpholine rings is 1. The van der Waals surface area contributed by atoms with Crippen molar-refractivity contribution >= 4 is 39.0 Å². The standard InChI is InChI=1S/C18H21ClN2O3S2/c19-16-5-3-15(4-6-16)7-13-26(22,23)20-14-17(18-2-1-12-25-18)21-8-10-24-11-9-21/h1-7,12-13,17,20H,8-11,14H2. The molecule has 140 valence electrons. The van der Waals surface area contributed by atoms with E-state index >= 15 is 0 Å². The number of nitrogens with zero attached hydrogens (tertiary/aromatic N) is 1. The number of ether oxygens (including phenoxy) is 1. The van der Waals surface area contributed by atoms with Crippen LogP contribution in [0.2, 0.25) is 5.02 Å². The average molecular weight is 413 g/mol. The summed E-state index contributed by atoms with van der Waals surface area (Å²) in [4.78, 5) is 3.41. The molecule has 1 aliphatic heterocycles. The van der Waals surface area contributed by atoms with Gasteiger partial charge in [0.1, 0.15) is 0 Å². The topological polar surface area (TPSA) is 58.6 Å². The van der Waals surface area contributed by atoms with Crippen molar-refractivity contribution in [1.29, 1.82) is 0 Å². The molecule has 0 amide bonds. The molecule has 0 aliphatic carbocycles. The molecule has 1 aliphatic rings. The summed E-state index contributed by atoms with van der Waals surface area (Å²) in [5.41, 5.74) is 0.780. The van der Waals surface area contributed by atoms with Gasteiger partial charge in [0.2, 0.25) is 10.0 Å². The van der Waals surface area contributed by atoms with Crippen LogP contribution in [-0.2, 0) is 14.8 Å². The highest BCUT2D eigenvalue weighted by Crippen LogP contribution is 2.25. The zero-order valence-electron chi connectivity index (χ0n) is 14.2. The van der Waals surface area contributed by atoms with E-state index < -0.39 is 10.0 Å². The molecule has 0 bridgehead atoms. The van der Waals surface area contributed by atoms with Gasteiger partial charge in [-0.2, -0.15) is 0 Å². The molecule has 1 aromatic heterocycles. The van der Waals surface area contributed by atoms with Gasteiger partial charge < -0.3 is 4.74 Å². The minimum atomic E-state index is -3.53. The first-order valence-corrected chi connectivity index (χ1v) is 11.1. The normalized spacial score (nSPS) is 17.6. The highest BCUT2D eigenvalue weighted by Gasteiger charge is 2.24. The summed E-state index contributed by atoms with van der Waals surface area (Å²) in [5, 5.41) is 3.83. The third-order valence-electron chi connectivity index (χ3n) is 4.15. The van der Waals surface area contributed by atoms with Gasteiger partial charge in [-0.05, 0) is 35.2 Å². The minimum absolute atomic E-state index is 0.0117. The van der Waals surface area contributed by atoms with Crippen LogP contribution >= 0.6 is 22.9 Å². The van der Waals surface area contributed by atoms with Crippen molar-refractivity contribution in [3.63, 3.8) is 0 Å². The largest absolute Gasteiger partial charge is 0.379 e. The quantitative estimate of drug-likeness (QED) is 0.757. The highest BCUT2D eigenvalue weighted by molar-refractivity contribution is 7.92. The average Bonchev–Trinajstić information content (AvgIpc) is 3.17. The summed E-state index contributed by atoms with van der Waals surface area (Å²) in [6, 6.07) is 11.1. The number of nitrogens with one attached hydrogen (secondary N) is 1. The molecule has 1 unspecified atom stereocenters. The van der Waals surface area contributed by atoms with Crippen LogP contribution in [0.25, 0.3) is 6.08 Å². The fraction of sp³-hybridized carbons (Fsp3) is 0.333. The number of rotatable bonds is 7. The van der Waals surface area contributed by atoms with Crippen molar-refractivity contribution in [3.05, 3.63) is 62.6 Å². The lowest BCUT2D eigenvalue weighted by Crippen LogP contribution is -2.43. The van der Waals surface area contributed by atoms with Gasteiger partial charge in [0, 0.05) is 34.9 Å². The molecule has 1 saturated heterocycles. The van der Waals surface area contributed by atoms with Crippen molar-refractivity contribution in [2.45, 2.75) is 6.04 Å². The molecule has 26 heavy (non-hydrogen) atoms. The van der Waals surface area contributed by atoms with Crippen LogP contribution in [0, 0.1) is 0 Å². The number of hydrogen-bond acceptors (Lipinski definition) is 5. The SMILES string of the molecule is O=S(=O)(C=Cc1ccc(Cl)cc1)NCC(c1cccs1)N1CCOCC1. The van der Waals surface area contributed by atoms with E-state index in [1.165, 1.54) is 5.41 Å². The second-order valence-electron chi connectivity index (χ2n) is 5.93. The molecular weight excluding hydrogens is 392 g/mol. The summed E-state index contributed by atoms with van der Waals surface area (Å²) >= 11 is 7.48. The van der Waals surface area contributed by atoms with Crippen LogP contribution in [0.1, 0.15) is 16.5 Å². The van der Waals surface area contributed by atoms with E-state index in [0.717, 1.165) is 23.5 Å². The van der Waals surface area contributed by atoms with Gasteiger partial charge in [-0.3, -0.25) is 4.90 Å². The third kappa shape index (κ3) is 5.64. The van der Waals surface area contributed by atoms with E-state index in [1.54, 1.807) is 41.7 Å². The lowest BCUT2D eigenvalue weighted by atomic mass is 10.2. The van der Waals surface area contributed by atoms with Crippen LogP contribution in [-0.4, -0.2) is 46.2 Å². The molecule has 2 heterocycles. The monoisotopic (exact) mass is 412 g/mol. The lowest BCUT2D eigenvalue weighted by Gasteiger charge is -2.33. The van der Waals surface area contributed by atoms with Crippen LogP contribution in [0.4, 0.5) is 0 Å². The van der Waals surface area contributed by atoms with Crippen LogP contribution in [0.5, 0.6) is 0 Å². The lowest BCUT2D eigenvalue weighted by molar-refractivity contribution is 0.0179.